The molecule has 0 radical (unpaired) electrons. The highest BCUT2D eigenvalue weighted by Gasteiger charge is 2.23. The molecule has 1 N–H and O–H groups in total. The minimum Gasteiger partial charge on any atom is -0.378 e. The van der Waals surface area contributed by atoms with Crippen LogP contribution in [0.5, 0.6) is 0 Å². The highest BCUT2D eigenvalue weighted by atomic mass is 35.5. The van der Waals surface area contributed by atoms with Crippen molar-refractivity contribution >= 4 is 44.0 Å². The van der Waals surface area contributed by atoms with Crippen molar-refractivity contribution in [2.45, 2.75) is 25.2 Å². The van der Waals surface area contributed by atoms with Crippen molar-refractivity contribution in [3.63, 3.8) is 0 Å². The average Bonchev–Trinajstić information content (AvgIpc) is 2.96. The summed E-state index contributed by atoms with van der Waals surface area (Å²) in [4.78, 5) is 19.3. The Balaban J connectivity index is 1.76. The SMILES string of the molecule is Cc1nc(NS(=O)(=O)c2cccc(Cl)c2C)sc1CC(=O)N1CCOCC1. The minimum absolute atomic E-state index is 0.00913. The summed E-state index contributed by atoms with van der Waals surface area (Å²) < 4.78 is 33.1. The molecule has 2 heterocycles. The predicted octanol–water partition coefficient (Wildman–Crippen LogP) is 2.62. The molecule has 1 aliphatic heterocycles. The second-order valence-electron chi connectivity index (χ2n) is 6.17. The van der Waals surface area contributed by atoms with Crippen molar-refractivity contribution in [2.75, 3.05) is 31.0 Å². The van der Waals surface area contributed by atoms with Crippen molar-refractivity contribution in [3.05, 3.63) is 39.4 Å². The van der Waals surface area contributed by atoms with Gasteiger partial charge in [0, 0.05) is 23.0 Å². The van der Waals surface area contributed by atoms with E-state index in [0.29, 0.717) is 42.6 Å². The summed E-state index contributed by atoms with van der Waals surface area (Å²) in [6, 6.07) is 4.72. The number of nitrogens with one attached hydrogen (secondary N) is 1. The number of benzene rings is 1. The average molecular weight is 430 g/mol. The zero-order chi connectivity index (χ0) is 19.6. The fraction of sp³-hybridized carbons (Fsp3) is 0.412. The van der Waals surface area contributed by atoms with Crippen LogP contribution in [0.2, 0.25) is 5.02 Å². The summed E-state index contributed by atoms with van der Waals surface area (Å²) in [6.45, 7) is 5.64. The van der Waals surface area contributed by atoms with Crippen molar-refractivity contribution in [2.24, 2.45) is 0 Å². The molecule has 1 aromatic carbocycles. The molecule has 0 bridgehead atoms. The molecule has 1 aromatic heterocycles. The van der Waals surface area contributed by atoms with Gasteiger partial charge < -0.3 is 9.64 Å². The smallest absolute Gasteiger partial charge is 0.263 e. The lowest BCUT2D eigenvalue weighted by Gasteiger charge is -2.26. The Morgan fingerprint density at radius 2 is 2.04 bits per heavy atom. The molecule has 2 aromatic rings. The number of carbonyl (C=O) groups excluding carboxylic acids is 1. The number of hydrogen-bond acceptors (Lipinski definition) is 6. The lowest BCUT2D eigenvalue weighted by Crippen LogP contribution is -2.41. The number of hydrogen-bond donors (Lipinski definition) is 1. The minimum atomic E-state index is -3.82. The third kappa shape index (κ3) is 4.60. The predicted molar refractivity (Wildman–Crippen MR) is 105 cm³/mol. The van der Waals surface area contributed by atoms with Gasteiger partial charge in [0.15, 0.2) is 5.13 Å². The van der Waals surface area contributed by atoms with Gasteiger partial charge in [-0.15, -0.1) is 11.3 Å². The quantitative estimate of drug-likeness (QED) is 0.789. The number of rotatable bonds is 5. The fourth-order valence-corrected chi connectivity index (χ4v) is 5.43. The number of amides is 1. The Kier molecular flexibility index (Phi) is 6.05. The molecule has 1 fully saturated rings. The van der Waals surface area contributed by atoms with Gasteiger partial charge in [-0.25, -0.2) is 13.4 Å². The first-order valence-electron chi connectivity index (χ1n) is 8.37. The summed E-state index contributed by atoms with van der Waals surface area (Å²) in [5.74, 6) is -0.00913. The Labute approximate surface area is 167 Å². The van der Waals surface area contributed by atoms with Crippen molar-refractivity contribution in [1.29, 1.82) is 0 Å². The van der Waals surface area contributed by atoms with Gasteiger partial charge in [-0.1, -0.05) is 17.7 Å². The van der Waals surface area contributed by atoms with Crippen molar-refractivity contribution < 1.29 is 17.9 Å². The molecule has 0 aliphatic carbocycles. The Hall–Kier alpha value is -1.68. The molecule has 1 saturated heterocycles. The van der Waals surface area contributed by atoms with Gasteiger partial charge in [0.2, 0.25) is 5.91 Å². The Morgan fingerprint density at radius 1 is 1.33 bits per heavy atom. The number of morpholine rings is 1. The molecule has 10 heteroatoms. The highest BCUT2D eigenvalue weighted by Crippen LogP contribution is 2.28. The summed E-state index contributed by atoms with van der Waals surface area (Å²) >= 11 is 7.20. The van der Waals surface area contributed by atoms with E-state index in [1.807, 2.05) is 0 Å². The van der Waals surface area contributed by atoms with Crippen LogP contribution in [0.25, 0.3) is 0 Å². The van der Waals surface area contributed by atoms with Gasteiger partial charge in [-0.2, -0.15) is 0 Å². The number of thiazole rings is 1. The number of sulfonamides is 1. The normalized spacial score (nSPS) is 15.0. The van der Waals surface area contributed by atoms with Gasteiger partial charge in [0.25, 0.3) is 10.0 Å². The molecule has 3 rings (SSSR count). The Morgan fingerprint density at radius 3 is 2.74 bits per heavy atom. The maximum atomic E-state index is 12.7. The molecule has 7 nitrogen and oxygen atoms in total. The highest BCUT2D eigenvalue weighted by molar-refractivity contribution is 7.93. The molecule has 27 heavy (non-hydrogen) atoms. The number of halogens is 1. The number of aromatic nitrogens is 1. The van der Waals surface area contributed by atoms with E-state index in [0.717, 1.165) is 4.88 Å². The van der Waals surface area contributed by atoms with Crippen LogP contribution in [-0.2, 0) is 26.0 Å². The standard InChI is InChI=1S/C17H20ClN3O4S2/c1-11-13(18)4-3-5-15(11)27(23,24)20-17-19-12(2)14(26-17)10-16(22)21-6-8-25-9-7-21/h3-5H,6-10H2,1-2H3,(H,19,20). The van der Waals surface area contributed by atoms with Crippen molar-refractivity contribution in [1.82, 2.24) is 9.88 Å². The third-order valence-corrected chi connectivity index (χ3v) is 7.39. The first kappa shape index (κ1) is 20.1. The van der Waals surface area contributed by atoms with Crippen LogP contribution < -0.4 is 4.72 Å². The van der Waals surface area contributed by atoms with Crippen LogP contribution in [0.4, 0.5) is 5.13 Å². The van der Waals surface area contributed by atoms with E-state index in [9.17, 15) is 13.2 Å². The molecule has 0 unspecified atom stereocenters. The zero-order valence-electron chi connectivity index (χ0n) is 15.0. The van der Waals surface area contributed by atoms with Gasteiger partial charge in [-0.05, 0) is 31.5 Å². The van der Waals surface area contributed by atoms with Gasteiger partial charge >= 0.3 is 0 Å². The Bertz CT molecular complexity index is 953. The zero-order valence-corrected chi connectivity index (χ0v) is 17.4. The monoisotopic (exact) mass is 429 g/mol. The van der Waals surface area contributed by atoms with E-state index >= 15 is 0 Å². The molecule has 1 aliphatic rings. The number of aryl methyl sites for hydroxylation is 1. The summed E-state index contributed by atoms with van der Waals surface area (Å²) in [5.41, 5.74) is 1.12. The van der Waals surface area contributed by atoms with Crippen LogP contribution in [0, 0.1) is 13.8 Å². The van der Waals surface area contributed by atoms with E-state index in [-0.39, 0.29) is 22.4 Å². The third-order valence-electron chi connectivity index (χ3n) is 4.30. The second-order valence-corrected chi connectivity index (χ2v) is 9.31. The van der Waals surface area contributed by atoms with E-state index in [2.05, 4.69) is 9.71 Å². The van der Waals surface area contributed by atoms with Crippen LogP contribution in [0.15, 0.2) is 23.1 Å². The van der Waals surface area contributed by atoms with Gasteiger partial charge in [-0.3, -0.25) is 9.52 Å². The molecular formula is C17H20ClN3O4S2. The second kappa shape index (κ2) is 8.14. The molecular weight excluding hydrogens is 410 g/mol. The summed E-state index contributed by atoms with van der Waals surface area (Å²) in [5, 5.41) is 0.613. The summed E-state index contributed by atoms with van der Waals surface area (Å²) in [6.07, 6.45) is 0.196. The van der Waals surface area contributed by atoms with Crippen LogP contribution in [0.3, 0.4) is 0 Å². The van der Waals surface area contributed by atoms with E-state index in [4.69, 9.17) is 16.3 Å². The van der Waals surface area contributed by atoms with Gasteiger partial charge in [0.1, 0.15) is 0 Å². The number of anilines is 1. The van der Waals surface area contributed by atoms with Crippen LogP contribution >= 0.6 is 22.9 Å². The molecule has 0 spiro atoms. The lowest BCUT2D eigenvalue weighted by atomic mass is 10.2. The van der Waals surface area contributed by atoms with Crippen molar-refractivity contribution in [3.8, 4) is 0 Å². The van der Waals surface area contributed by atoms with E-state index in [1.165, 1.54) is 17.4 Å². The largest absolute Gasteiger partial charge is 0.378 e. The molecule has 1 amide bonds. The first-order valence-corrected chi connectivity index (χ1v) is 11.1. The molecule has 0 atom stereocenters. The lowest BCUT2D eigenvalue weighted by molar-refractivity contribution is -0.134. The number of nitrogens with zero attached hydrogens (tertiary/aromatic N) is 2. The van der Waals surface area contributed by atoms with Gasteiger partial charge in [0.05, 0.1) is 30.2 Å². The topological polar surface area (TPSA) is 88.6 Å². The maximum Gasteiger partial charge on any atom is 0.263 e. The molecule has 146 valence electrons. The van der Waals surface area contributed by atoms with Crippen LogP contribution in [0.1, 0.15) is 16.1 Å². The van der Waals surface area contributed by atoms with E-state index in [1.54, 1.807) is 30.9 Å². The number of ether oxygens (including phenoxy) is 1. The number of carbonyl (C=O) groups is 1. The van der Waals surface area contributed by atoms with Crippen LogP contribution in [-0.4, -0.2) is 50.5 Å². The summed E-state index contributed by atoms with van der Waals surface area (Å²) in [7, 11) is -3.82. The maximum absolute atomic E-state index is 12.7. The molecule has 0 saturated carbocycles. The van der Waals surface area contributed by atoms with E-state index < -0.39 is 10.0 Å². The fourth-order valence-electron chi connectivity index (χ4n) is 2.75. The first-order chi connectivity index (χ1) is 12.8.